The number of thiophene rings is 1. The van der Waals surface area contributed by atoms with E-state index in [0.29, 0.717) is 0 Å². The van der Waals surface area contributed by atoms with E-state index in [4.69, 9.17) is 0 Å². The third-order valence-electron chi connectivity index (χ3n) is 12.2. The van der Waals surface area contributed by atoms with Gasteiger partial charge in [-0.05, 0) is 112 Å². The Balaban J connectivity index is 1.38. The zero-order valence-corrected chi connectivity index (χ0v) is 30.2. The van der Waals surface area contributed by atoms with E-state index >= 15 is 0 Å². The Morgan fingerprint density at radius 2 is 1.02 bits per heavy atom. The molecule has 3 heterocycles. The molecule has 0 fully saturated rings. The molecule has 3 aromatic heterocycles. The van der Waals surface area contributed by atoms with E-state index in [1.807, 2.05) is 11.3 Å². The largest absolute Gasteiger partial charge is 0.309 e. The first-order valence-electron chi connectivity index (χ1n) is 18.2. The van der Waals surface area contributed by atoms with Crippen molar-refractivity contribution in [3.63, 3.8) is 0 Å². The molecule has 7 aromatic carbocycles. The molecular weight excluding hydrogens is 637 g/mol. The summed E-state index contributed by atoms with van der Waals surface area (Å²) in [5.41, 5.74) is 10.6. The number of benzene rings is 7. The molecule has 0 amide bonds. The second-order valence-corrected chi connectivity index (χ2v) is 17.1. The van der Waals surface area contributed by atoms with Crippen LogP contribution < -0.4 is 0 Å². The van der Waals surface area contributed by atoms with Gasteiger partial charge in [-0.3, -0.25) is 0 Å². The average Bonchev–Trinajstić information content (AvgIpc) is 3.80. The summed E-state index contributed by atoms with van der Waals surface area (Å²) >= 11 is 1.89. The Morgan fingerprint density at radius 3 is 1.80 bits per heavy atom. The van der Waals surface area contributed by atoms with Gasteiger partial charge in [0, 0.05) is 53.1 Å². The Morgan fingerprint density at radius 1 is 0.431 bits per heavy atom. The molecule has 0 aliphatic heterocycles. The fourth-order valence-electron chi connectivity index (χ4n) is 9.42. The highest BCUT2D eigenvalue weighted by Gasteiger charge is 2.38. The standard InChI is InChI=1S/C48H38N2S/c1-47(2)24-25-48(3,4)37-28-41-35(27-36(37)47)45-39(50(41)31-19-23-43-34(26-31)33-16-10-11-17-42(33)51-43)21-22-40-46(45)44-32-15-9-8-12-29(32)18-20-38(44)49(40)30-13-6-5-7-14-30/h5-23,26-28H,24-25H2,1-4H3. The first-order valence-corrected chi connectivity index (χ1v) is 19.1. The highest BCUT2D eigenvalue weighted by Crippen LogP contribution is 2.51. The summed E-state index contributed by atoms with van der Waals surface area (Å²) in [6.45, 7) is 9.79. The highest BCUT2D eigenvalue weighted by molar-refractivity contribution is 7.25. The van der Waals surface area contributed by atoms with Crippen LogP contribution in [0.3, 0.4) is 0 Å². The molecule has 0 saturated heterocycles. The van der Waals surface area contributed by atoms with Gasteiger partial charge in [-0.2, -0.15) is 0 Å². The molecule has 3 heteroatoms. The van der Waals surface area contributed by atoms with E-state index < -0.39 is 0 Å². The van der Waals surface area contributed by atoms with Crippen molar-refractivity contribution in [2.24, 2.45) is 0 Å². The molecule has 0 atom stereocenters. The van der Waals surface area contributed by atoms with E-state index in [1.54, 1.807) is 0 Å². The molecule has 51 heavy (non-hydrogen) atoms. The Bertz CT molecular complexity index is 3080. The summed E-state index contributed by atoms with van der Waals surface area (Å²) in [5, 5.41) is 10.6. The molecule has 10 aromatic rings. The molecule has 0 radical (unpaired) electrons. The SMILES string of the molecule is CC1(C)CCC(C)(C)c2cc3c(cc21)c1c2c4c5ccccc5ccc4n(-c4ccccc4)c2ccc1n3-c1ccc2sc3ccccc3c2c1. The van der Waals surface area contributed by atoms with Gasteiger partial charge < -0.3 is 9.13 Å². The molecule has 0 saturated carbocycles. The van der Waals surface area contributed by atoms with Crippen molar-refractivity contribution in [2.75, 3.05) is 0 Å². The fraction of sp³-hybridized carbons (Fsp3) is 0.167. The van der Waals surface area contributed by atoms with Crippen molar-refractivity contribution in [3.05, 3.63) is 145 Å². The van der Waals surface area contributed by atoms with Crippen LogP contribution >= 0.6 is 11.3 Å². The molecule has 246 valence electrons. The third-order valence-corrected chi connectivity index (χ3v) is 13.3. The van der Waals surface area contributed by atoms with Gasteiger partial charge in [0.25, 0.3) is 0 Å². The molecule has 1 aliphatic carbocycles. The first kappa shape index (κ1) is 29.4. The summed E-state index contributed by atoms with van der Waals surface area (Å²) in [4.78, 5) is 0. The number of para-hydroxylation sites is 1. The minimum atomic E-state index is 0.0978. The average molecular weight is 675 g/mol. The van der Waals surface area contributed by atoms with Gasteiger partial charge in [-0.1, -0.05) is 94.4 Å². The Hall–Kier alpha value is -5.38. The lowest BCUT2D eigenvalue weighted by molar-refractivity contribution is 0.332. The van der Waals surface area contributed by atoms with E-state index in [1.165, 1.54) is 110 Å². The molecule has 0 spiro atoms. The van der Waals surface area contributed by atoms with Crippen molar-refractivity contribution in [2.45, 2.75) is 51.4 Å². The van der Waals surface area contributed by atoms with E-state index in [0.717, 1.165) is 0 Å². The van der Waals surface area contributed by atoms with Crippen molar-refractivity contribution in [1.29, 1.82) is 0 Å². The normalized spacial score (nSPS) is 15.6. The van der Waals surface area contributed by atoms with Crippen LogP contribution in [0.25, 0.3) is 85.9 Å². The highest BCUT2D eigenvalue weighted by atomic mass is 32.1. The summed E-state index contributed by atoms with van der Waals surface area (Å²) in [7, 11) is 0. The van der Waals surface area contributed by atoms with Crippen molar-refractivity contribution >= 4 is 85.9 Å². The van der Waals surface area contributed by atoms with Crippen LogP contribution in [-0.2, 0) is 10.8 Å². The predicted molar refractivity (Wildman–Crippen MR) is 221 cm³/mol. The van der Waals surface area contributed by atoms with Crippen LogP contribution in [0.15, 0.2) is 133 Å². The topological polar surface area (TPSA) is 9.86 Å². The molecule has 0 unspecified atom stereocenters. The van der Waals surface area contributed by atoms with Gasteiger partial charge in [-0.15, -0.1) is 11.3 Å². The number of fused-ring (bicyclic) bond motifs is 13. The van der Waals surface area contributed by atoms with Crippen LogP contribution in [0, 0.1) is 0 Å². The van der Waals surface area contributed by atoms with Crippen molar-refractivity contribution in [1.82, 2.24) is 9.13 Å². The van der Waals surface area contributed by atoms with Gasteiger partial charge in [0.1, 0.15) is 0 Å². The molecule has 0 N–H and O–H groups in total. The lowest BCUT2D eigenvalue weighted by Crippen LogP contribution is -2.33. The number of hydrogen-bond acceptors (Lipinski definition) is 1. The smallest absolute Gasteiger partial charge is 0.0549 e. The quantitative estimate of drug-likeness (QED) is 0.173. The maximum atomic E-state index is 2.60. The van der Waals surface area contributed by atoms with Crippen LogP contribution in [0.1, 0.15) is 51.7 Å². The maximum absolute atomic E-state index is 2.60. The number of nitrogens with zero attached hydrogens (tertiary/aromatic N) is 2. The molecule has 11 rings (SSSR count). The summed E-state index contributed by atoms with van der Waals surface area (Å²) in [5.74, 6) is 0. The van der Waals surface area contributed by atoms with Crippen molar-refractivity contribution in [3.8, 4) is 11.4 Å². The van der Waals surface area contributed by atoms with Gasteiger partial charge >= 0.3 is 0 Å². The second kappa shape index (κ2) is 10.1. The first-order chi connectivity index (χ1) is 24.8. The van der Waals surface area contributed by atoms with E-state index in [9.17, 15) is 0 Å². The summed E-state index contributed by atoms with van der Waals surface area (Å²) in [6.07, 6.45) is 2.37. The minimum absolute atomic E-state index is 0.0978. The lowest BCUT2D eigenvalue weighted by Gasteiger charge is -2.42. The fourth-order valence-corrected chi connectivity index (χ4v) is 10.5. The van der Waals surface area contributed by atoms with E-state index in [2.05, 4.69) is 170 Å². The van der Waals surface area contributed by atoms with Crippen molar-refractivity contribution < 1.29 is 0 Å². The number of hydrogen-bond donors (Lipinski definition) is 0. The number of rotatable bonds is 2. The van der Waals surface area contributed by atoms with Crippen LogP contribution in [0.2, 0.25) is 0 Å². The molecule has 2 nitrogen and oxygen atoms in total. The maximum Gasteiger partial charge on any atom is 0.0549 e. The lowest BCUT2D eigenvalue weighted by atomic mass is 9.63. The predicted octanol–water partition coefficient (Wildman–Crippen LogP) is 13.8. The monoisotopic (exact) mass is 674 g/mol. The molecule has 1 aliphatic rings. The molecule has 0 bridgehead atoms. The van der Waals surface area contributed by atoms with Crippen LogP contribution in [0.5, 0.6) is 0 Å². The summed E-state index contributed by atoms with van der Waals surface area (Å²) in [6, 6.07) is 50.3. The molecular formula is C48H38N2S. The number of aromatic nitrogens is 2. The van der Waals surface area contributed by atoms with Gasteiger partial charge in [0.2, 0.25) is 0 Å². The second-order valence-electron chi connectivity index (χ2n) is 16.0. The van der Waals surface area contributed by atoms with Gasteiger partial charge in [0.15, 0.2) is 0 Å². The van der Waals surface area contributed by atoms with Crippen LogP contribution in [-0.4, -0.2) is 9.13 Å². The van der Waals surface area contributed by atoms with Crippen LogP contribution in [0.4, 0.5) is 0 Å². The third kappa shape index (κ3) is 3.98. The van der Waals surface area contributed by atoms with E-state index in [-0.39, 0.29) is 10.8 Å². The zero-order chi connectivity index (χ0) is 34.2. The van der Waals surface area contributed by atoms with Gasteiger partial charge in [-0.25, -0.2) is 0 Å². The summed E-state index contributed by atoms with van der Waals surface area (Å²) < 4.78 is 7.73. The zero-order valence-electron chi connectivity index (χ0n) is 29.4. The Kier molecular flexibility index (Phi) is 5.82. The minimum Gasteiger partial charge on any atom is -0.309 e. The van der Waals surface area contributed by atoms with Gasteiger partial charge in [0.05, 0.1) is 22.1 Å². The Labute approximate surface area is 301 Å².